The Bertz CT molecular complexity index is 677. The molecule has 1 amide bonds. The van der Waals surface area contributed by atoms with Crippen molar-refractivity contribution < 1.29 is 4.79 Å². The summed E-state index contributed by atoms with van der Waals surface area (Å²) in [6.07, 6.45) is 0.228. The van der Waals surface area contributed by atoms with Gasteiger partial charge in [-0.3, -0.25) is 4.79 Å². The third-order valence-corrected chi connectivity index (χ3v) is 3.21. The van der Waals surface area contributed by atoms with E-state index in [1.807, 2.05) is 30.3 Å². The Hall–Kier alpha value is -1.96. The average Bonchev–Trinajstić information content (AvgIpc) is 2.41. The van der Waals surface area contributed by atoms with E-state index < -0.39 is 0 Å². The number of thiol groups is 1. The van der Waals surface area contributed by atoms with Crippen molar-refractivity contribution >= 4 is 35.8 Å². The standard InChI is InChI=1S/C15H11ClN2OS/c16-12-4-3-11(9-17)14(8-12)18-15(19)7-10-1-5-13(20)6-2-10/h1-6,8,20H,7H2,(H,18,19). The van der Waals surface area contributed by atoms with Crippen LogP contribution >= 0.6 is 24.2 Å². The fourth-order valence-corrected chi connectivity index (χ4v) is 2.03. The normalized spacial score (nSPS) is 9.85. The second-order valence-electron chi connectivity index (χ2n) is 4.19. The first kappa shape index (κ1) is 14.4. The molecule has 2 aromatic carbocycles. The minimum Gasteiger partial charge on any atom is -0.325 e. The van der Waals surface area contributed by atoms with E-state index in [-0.39, 0.29) is 12.3 Å². The third-order valence-electron chi connectivity index (χ3n) is 2.68. The summed E-state index contributed by atoms with van der Waals surface area (Å²) in [5.41, 5.74) is 1.69. The van der Waals surface area contributed by atoms with Gasteiger partial charge in [0, 0.05) is 9.92 Å². The number of halogens is 1. The number of benzene rings is 2. The summed E-state index contributed by atoms with van der Waals surface area (Å²) in [6, 6.07) is 14.1. The van der Waals surface area contributed by atoms with E-state index in [0.717, 1.165) is 10.5 Å². The number of carbonyl (C=O) groups is 1. The molecule has 3 nitrogen and oxygen atoms in total. The number of amides is 1. The van der Waals surface area contributed by atoms with Crippen molar-refractivity contribution in [2.45, 2.75) is 11.3 Å². The maximum absolute atomic E-state index is 12.0. The second-order valence-corrected chi connectivity index (χ2v) is 5.15. The first-order chi connectivity index (χ1) is 9.58. The highest BCUT2D eigenvalue weighted by molar-refractivity contribution is 7.80. The van der Waals surface area contributed by atoms with Crippen LogP contribution in [0.1, 0.15) is 11.1 Å². The molecule has 100 valence electrons. The third kappa shape index (κ3) is 3.77. The zero-order chi connectivity index (χ0) is 14.5. The fourth-order valence-electron chi connectivity index (χ4n) is 1.71. The summed E-state index contributed by atoms with van der Waals surface area (Å²) >= 11 is 10.1. The van der Waals surface area contributed by atoms with E-state index in [9.17, 15) is 4.79 Å². The van der Waals surface area contributed by atoms with E-state index in [4.69, 9.17) is 16.9 Å². The lowest BCUT2D eigenvalue weighted by Gasteiger charge is -2.07. The molecule has 5 heteroatoms. The minimum atomic E-state index is -0.198. The van der Waals surface area contributed by atoms with E-state index in [2.05, 4.69) is 17.9 Å². The lowest BCUT2D eigenvalue weighted by molar-refractivity contribution is -0.115. The molecule has 1 N–H and O–H groups in total. The Labute approximate surface area is 127 Å². The first-order valence-electron chi connectivity index (χ1n) is 5.86. The zero-order valence-corrected chi connectivity index (χ0v) is 12.1. The molecule has 0 radical (unpaired) electrons. The van der Waals surface area contributed by atoms with Crippen molar-refractivity contribution in [3.05, 3.63) is 58.6 Å². The zero-order valence-electron chi connectivity index (χ0n) is 10.4. The van der Waals surface area contributed by atoms with Crippen LogP contribution in [0.25, 0.3) is 0 Å². The van der Waals surface area contributed by atoms with Crippen molar-refractivity contribution in [1.29, 1.82) is 5.26 Å². The Balaban J connectivity index is 2.10. The van der Waals surface area contributed by atoms with E-state index >= 15 is 0 Å². The molecule has 0 unspecified atom stereocenters. The molecule has 0 heterocycles. The molecule has 0 atom stereocenters. The van der Waals surface area contributed by atoms with E-state index in [1.54, 1.807) is 18.2 Å². The molecule has 0 saturated carbocycles. The van der Waals surface area contributed by atoms with Crippen molar-refractivity contribution in [2.24, 2.45) is 0 Å². The van der Waals surface area contributed by atoms with Gasteiger partial charge < -0.3 is 5.32 Å². The quantitative estimate of drug-likeness (QED) is 0.850. The number of anilines is 1. The fraction of sp³-hybridized carbons (Fsp3) is 0.0667. The molecule has 0 aromatic heterocycles. The minimum absolute atomic E-state index is 0.198. The molecule has 2 aromatic rings. The van der Waals surface area contributed by atoms with Gasteiger partial charge >= 0.3 is 0 Å². The van der Waals surface area contributed by atoms with Crippen LogP contribution < -0.4 is 5.32 Å². The first-order valence-corrected chi connectivity index (χ1v) is 6.68. The van der Waals surface area contributed by atoms with Crippen LogP contribution in [0.15, 0.2) is 47.4 Å². The Kier molecular flexibility index (Phi) is 4.67. The topological polar surface area (TPSA) is 52.9 Å². The number of hydrogen-bond donors (Lipinski definition) is 2. The molecule has 0 saturated heterocycles. The highest BCUT2D eigenvalue weighted by Crippen LogP contribution is 2.20. The second kappa shape index (κ2) is 6.47. The van der Waals surface area contributed by atoms with Crippen LogP contribution in [-0.4, -0.2) is 5.91 Å². The molecule has 0 aliphatic heterocycles. The Morgan fingerprint density at radius 1 is 1.25 bits per heavy atom. The molecule has 0 bridgehead atoms. The molecule has 2 rings (SSSR count). The van der Waals surface area contributed by atoms with Gasteiger partial charge in [-0.1, -0.05) is 23.7 Å². The monoisotopic (exact) mass is 302 g/mol. The lowest BCUT2D eigenvalue weighted by Crippen LogP contribution is -2.15. The number of nitrogens with zero attached hydrogens (tertiary/aromatic N) is 1. The average molecular weight is 303 g/mol. The van der Waals surface area contributed by atoms with E-state index in [0.29, 0.717) is 16.3 Å². The number of rotatable bonds is 3. The van der Waals surface area contributed by atoms with Crippen LogP contribution in [-0.2, 0) is 11.2 Å². The van der Waals surface area contributed by atoms with Crippen LogP contribution in [0.3, 0.4) is 0 Å². The highest BCUT2D eigenvalue weighted by Gasteiger charge is 2.08. The number of hydrogen-bond acceptors (Lipinski definition) is 3. The SMILES string of the molecule is N#Cc1ccc(Cl)cc1NC(=O)Cc1ccc(S)cc1. The van der Waals surface area contributed by atoms with Gasteiger partial charge in [0.25, 0.3) is 0 Å². The summed E-state index contributed by atoms with van der Waals surface area (Å²) in [4.78, 5) is 12.8. The van der Waals surface area contributed by atoms with Gasteiger partial charge in [0.2, 0.25) is 5.91 Å². The van der Waals surface area contributed by atoms with Crippen LogP contribution in [0, 0.1) is 11.3 Å². The van der Waals surface area contributed by atoms with Gasteiger partial charge in [-0.15, -0.1) is 12.6 Å². The molecule has 0 aliphatic rings. The Morgan fingerprint density at radius 2 is 1.95 bits per heavy atom. The molecular weight excluding hydrogens is 292 g/mol. The summed E-state index contributed by atoms with van der Waals surface area (Å²) < 4.78 is 0. The van der Waals surface area contributed by atoms with Gasteiger partial charge in [0.15, 0.2) is 0 Å². The van der Waals surface area contributed by atoms with Crippen LogP contribution in [0.2, 0.25) is 5.02 Å². The highest BCUT2D eigenvalue weighted by atomic mass is 35.5. The molecular formula is C15H11ClN2OS. The van der Waals surface area contributed by atoms with Gasteiger partial charge in [-0.25, -0.2) is 0 Å². The maximum atomic E-state index is 12.0. The largest absolute Gasteiger partial charge is 0.325 e. The number of carbonyl (C=O) groups excluding carboxylic acids is 1. The molecule has 0 aliphatic carbocycles. The molecule has 0 fully saturated rings. The van der Waals surface area contributed by atoms with Gasteiger partial charge in [-0.2, -0.15) is 5.26 Å². The summed E-state index contributed by atoms with van der Waals surface area (Å²) in [5.74, 6) is -0.198. The Morgan fingerprint density at radius 3 is 2.60 bits per heavy atom. The molecule has 0 spiro atoms. The van der Waals surface area contributed by atoms with Gasteiger partial charge in [0.05, 0.1) is 17.7 Å². The van der Waals surface area contributed by atoms with Crippen molar-refractivity contribution in [2.75, 3.05) is 5.32 Å². The van der Waals surface area contributed by atoms with Crippen LogP contribution in [0.5, 0.6) is 0 Å². The smallest absolute Gasteiger partial charge is 0.228 e. The lowest BCUT2D eigenvalue weighted by atomic mass is 10.1. The van der Waals surface area contributed by atoms with Gasteiger partial charge in [0.1, 0.15) is 6.07 Å². The summed E-state index contributed by atoms with van der Waals surface area (Å²) in [7, 11) is 0. The summed E-state index contributed by atoms with van der Waals surface area (Å²) in [6.45, 7) is 0. The van der Waals surface area contributed by atoms with Crippen molar-refractivity contribution in [1.82, 2.24) is 0 Å². The number of nitriles is 1. The predicted octanol–water partition coefficient (Wildman–Crippen LogP) is 3.68. The van der Waals surface area contributed by atoms with Crippen LogP contribution in [0.4, 0.5) is 5.69 Å². The molecule has 20 heavy (non-hydrogen) atoms. The predicted molar refractivity (Wildman–Crippen MR) is 82.2 cm³/mol. The number of nitrogens with one attached hydrogen (secondary N) is 1. The summed E-state index contributed by atoms with van der Waals surface area (Å²) in [5, 5.41) is 12.2. The van der Waals surface area contributed by atoms with E-state index in [1.165, 1.54) is 0 Å². The van der Waals surface area contributed by atoms with Crippen molar-refractivity contribution in [3.8, 4) is 6.07 Å². The van der Waals surface area contributed by atoms with Crippen molar-refractivity contribution in [3.63, 3.8) is 0 Å². The van der Waals surface area contributed by atoms with Gasteiger partial charge in [-0.05, 0) is 35.9 Å². The maximum Gasteiger partial charge on any atom is 0.228 e.